The van der Waals surface area contributed by atoms with E-state index in [0.717, 1.165) is 69.9 Å². The van der Waals surface area contributed by atoms with E-state index in [1.165, 1.54) is 10.5 Å². The van der Waals surface area contributed by atoms with Gasteiger partial charge in [0, 0.05) is 32.7 Å². The maximum Gasteiger partial charge on any atom is 0.234 e. The number of amides is 2. The molecule has 7 heteroatoms. The van der Waals surface area contributed by atoms with Gasteiger partial charge in [-0.2, -0.15) is 0 Å². The third-order valence-corrected chi connectivity index (χ3v) is 6.58. The van der Waals surface area contributed by atoms with Crippen LogP contribution in [0.1, 0.15) is 31.2 Å². The SMILES string of the molecule is O=C1[C@H]2CCCC[C@@H]2C(=O)N1CN1CCN(Cc2ccc3c(c2)OCO3)CC1. The van der Waals surface area contributed by atoms with Gasteiger partial charge in [-0.05, 0) is 30.5 Å². The van der Waals surface area contributed by atoms with Gasteiger partial charge < -0.3 is 9.47 Å². The molecule has 0 radical (unpaired) electrons. The summed E-state index contributed by atoms with van der Waals surface area (Å²) in [5, 5.41) is 0. The lowest BCUT2D eigenvalue weighted by molar-refractivity contribution is -0.142. The summed E-state index contributed by atoms with van der Waals surface area (Å²) in [6, 6.07) is 6.11. The number of hydrogen-bond donors (Lipinski definition) is 0. The van der Waals surface area contributed by atoms with Gasteiger partial charge in [-0.3, -0.25) is 24.3 Å². The molecule has 3 aliphatic heterocycles. The van der Waals surface area contributed by atoms with Crippen molar-refractivity contribution < 1.29 is 19.1 Å². The van der Waals surface area contributed by atoms with Crippen LogP contribution in [0.2, 0.25) is 0 Å². The lowest BCUT2D eigenvalue weighted by Gasteiger charge is -2.36. The Labute approximate surface area is 165 Å². The molecule has 3 fully saturated rings. The van der Waals surface area contributed by atoms with E-state index in [4.69, 9.17) is 9.47 Å². The van der Waals surface area contributed by atoms with Crippen molar-refractivity contribution in [1.82, 2.24) is 14.7 Å². The molecule has 5 rings (SSSR count). The Morgan fingerprint density at radius 2 is 1.50 bits per heavy atom. The second kappa shape index (κ2) is 7.37. The molecule has 0 bridgehead atoms. The lowest BCUT2D eigenvalue weighted by atomic mass is 9.81. The number of likely N-dealkylation sites (tertiary alicyclic amines) is 1. The summed E-state index contributed by atoms with van der Waals surface area (Å²) in [5.74, 6) is 1.68. The van der Waals surface area contributed by atoms with E-state index in [1.54, 1.807) is 0 Å². The van der Waals surface area contributed by atoms with Crippen LogP contribution in [0.3, 0.4) is 0 Å². The molecule has 2 saturated heterocycles. The lowest BCUT2D eigenvalue weighted by Crippen LogP contribution is -2.51. The monoisotopic (exact) mass is 385 g/mol. The average molecular weight is 385 g/mol. The Bertz CT molecular complexity index is 751. The van der Waals surface area contributed by atoms with Gasteiger partial charge in [0.1, 0.15) is 0 Å². The Hall–Kier alpha value is -2.12. The van der Waals surface area contributed by atoms with Crippen molar-refractivity contribution in [3.63, 3.8) is 0 Å². The molecule has 28 heavy (non-hydrogen) atoms. The van der Waals surface area contributed by atoms with Crippen LogP contribution in [-0.4, -0.2) is 66.2 Å². The van der Waals surface area contributed by atoms with Crippen LogP contribution >= 0.6 is 0 Å². The van der Waals surface area contributed by atoms with Crippen molar-refractivity contribution >= 4 is 11.8 Å². The Morgan fingerprint density at radius 3 is 2.21 bits per heavy atom. The summed E-state index contributed by atoms with van der Waals surface area (Å²) in [6.07, 6.45) is 3.92. The second-order valence-corrected chi connectivity index (χ2v) is 8.33. The molecule has 4 aliphatic rings. The van der Waals surface area contributed by atoms with Crippen LogP contribution in [0.5, 0.6) is 11.5 Å². The van der Waals surface area contributed by atoms with Gasteiger partial charge in [0.15, 0.2) is 11.5 Å². The van der Waals surface area contributed by atoms with Crippen molar-refractivity contribution in [3.05, 3.63) is 23.8 Å². The number of nitrogens with zero attached hydrogens (tertiary/aromatic N) is 3. The molecule has 0 spiro atoms. The predicted octanol–water partition coefficient (Wildman–Crippen LogP) is 1.67. The fourth-order valence-corrected chi connectivity index (χ4v) is 4.96. The number of carbonyl (C=O) groups excluding carboxylic acids is 2. The number of fused-ring (bicyclic) bond motifs is 2. The van der Waals surface area contributed by atoms with E-state index in [-0.39, 0.29) is 23.7 Å². The molecule has 1 aromatic rings. The number of rotatable bonds is 4. The van der Waals surface area contributed by atoms with E-state index < -0.39 is 0 Å². The third-order valence-electron chi connectivity index (χ3n) is 6.58. The van der Waals surface area contributed by atoms with Crippen molar-refractivity contribution in [1.29, 1.82) is 0 Å². The first-order chi connectivity index (χ1) is 13.7. The molecule has 3 heterocycles. The highest BCUT2D eigenvalue weighted by Gasteiger charge is 2.48. The summed E-state index contributed by atoms with van der Waals surface area (Å²) in [6.45, 7) is 5.23. The highest BCUT2D eigenvalue weighted by atomic mass is 16.7. The number of imide groups is 1. The molecular weight excluding hydrogens is 358 g/mol. The first kappa shape index (κ1) is 17.9. The minimum atomic E-state index is -0.0476. The predicted molar refractivity (Wildman–Crippen MR) is 102 cm³/mol. The standard InChI is InChI=1S/C21H27N3O4/c25-20-16-3-1-2-4-17(16)21(26)24(20)13-23-9-7-22(8-10-23)12-15-5-6-18-19(11-15)28-14-27-18/h5-6,11,16-17H,1-4,7-10,12-14H2/t16-,17-/m0/s1. The molecule has 0 aromatic heterocycles. The van der Waals surface area contributed by atoms with Crippen LogP contribution in [0.4, 0.5) is 0 Å². The van der Waals surface area contributed by atoms with E-state index in [0.29, 0.717) is 13.5 Å². The van der Waals surface area contributed by atoms with Crippen molar-refractivity contribution in [3.8, 4) is 11.5 Å². The molecule has 1 saturated carbocycles. The first-order valence-corrected chi connectivity index (χ1v) is 10.4. The molecule has 150 valence electrons. The van der Waals surface area contributed by atoms with Crippen LogP contribution in [0.15, 0.2) is 18.2 Å². The van der Waals surface area contributed by atoms with Gasteiger partial charge in [-0.1, -0.05) is 18.9 Å². The van der Waals surface area contributed by atoms with Crippen molar-refractivity contribution in [2.75, 3.05) is 39.6 Å². The zero-order valence-electron chi connectivity index (χ0n) is 16.1. The first-order valence-electron chi connectivity index (χ1n) is 10.4. The second-order valence-electron chi connectivity index (χ2n) is 8.33. The van der Waals surface area contributed by atoms with Crippen LogP contribution in [-0.2, 0) is 16.1 Å². The summed E-state index contributed by atoms with van der Waals surface area (Å²) < 4.78 is 10.8. The summed E-state index contributed by atoms with van der Waals surface area (Å²) in [5.41, 5.74) is 1.21. The van der Waals surface area contributed by atoms with E-state index in [1.807, 2.05) is 6.07 Å². The number of ether oxygens (including phenoxy) is 2. The van der Waals surface area contributed by atoms with Gasteiger partial charge in [0.2, 0.25) is 18.6 Å². The molecule has 2 amide bonds. The smallest absolute Gasteiger partial charge is 0.234 e. The Kier molecular flexibility index (Phi) is 4.72. The Morgan fingerprint density at radius 1 is 0.857 bits per heavy atom. The number of carbonyl (C=O) groups is 2. The molecular formula is C21H27N3O4. The van der Waals surface area contributed by atoms with Gasteiger partial charge in [0.25, 0.3) is 0 Å². The van der Waals surface area contributed by atoms with Crippen LogP contribution in [0.25, 0.3) is 0 Å². The molecule has 1 aromatic carbocycles. The zero-order chi connectivity index (χ0) is 19.1. The molecule has 0 N–H and O–H groups in total. The Balaban J connectivity index is 1.14. The number of hydrogen-bond acceptors (Lipinski definition) is 6. The fourth-order valence-electron chi connectivity index (χ4n) is 4.96. The van der Waals surface area contributed by atoms with E-state index in [9.17, 15) is 9.59 Å². The molecule has 2 atom stereocenters. The number of piperazine rings is 1. The minimum Gasteiger partial charge on any atom is -0.454 e. The topological polar surface area (TPSA) is 62.3 Å². The van der Waals surface area contributed by atoms with Crippen LogP contribution < -0.4 is 9.47 Å². The fraction of sp³-hybridized carbons (Fsp3) is 0.619. The van der Waals surface area contributed by atoms with Crippen molar-refractivity contribution in [2.24, 2.45) is 11.8 Å². The maximum absolute atomic E-state index is 12.7. The highest BCUT2D eigenvalue weighted by Crippen LogP contribution is 2.38. The van der Waals surface area contributed by atoms with Crippen molar-refractivity contribution in [2.45, 2.75) is 32.2 Å². The maximum atomic E-state index is 12.7. The average Bonchev–Trinajstić information content (AvgIpc) is 3.28. The third kappa shape index (κ3) is 3.26. The molecule has 0 unspecified atom stereocenters. The van der Waals surface area contributed by atoms with Gasteiger partial charge >= 0.3 is 0 Å². The quantitative estimate of drug-likeness (QED) is 0.735. The summed E-state index contributed by atoms with van der Waals surface area (Å²) in [7, 11) is 0. The minimum absolute atomic E-state index is 0.0476. The van der Waals surface area contributed by atoms with Crippen LogP contribution in [0, 0.1) is 11.8 Å². The zero-order valence-corrected chi connectivity index (χ0v) is 16.1. The van der Waals surface area contributed by atoms with Gasteiger partial charge in [0.05, 0.1) is 18.5 Å². The largest absolute Gasteiger partial charge is 0.454 e. The molecule has 1 aliphatic carbocycles. The summed E-state index contributed by atoms with van der Waals surface area (Å²) >= 11 is 0. The van der Waals surface area contributed by atoms with E-state index in [2.05, 4.69) is 21.9 Å². The van der Waals surface area contributed by atoms with E-state index >= 15 is 0 Å². The molecule has 7 nitrogen and oxygen atoms in total. The van der Waals surface area contributed by atoms with Gasteiger partial charge in [-0.25, -0.2) is 0 Å². The number of benzene rings is 1. The normalized spacial score (nSPS) is 28.1. The summed E-state index contributed by atoms with van der Waals surface area (Å²) in [4.78, 5) is 31.5. The van der Waals surface area contributed by atoms with Gasteiger partial charge in [-0.15, -0.1) is 0 Å². The highest BCUT2D eigenvalue weighted by molar-refractivity contribution is 6.05.